The number of amides is 1. The van der Waals surface area contributed by atoms with Crippen LogP contribution < -0.4 is 10.6 Å². The van der Waals surface area contributed by atoms with Crippen molar-refractivity contribution in [2.24, 2.45) is 5.92 Å². The highest BCUT2D eigenvalue weighted by Crippen LogP contribution is 2.24. The van der Waals surface area contributed by atoms with Crippen LogP contribution in [0.4, 0.5) is 14.5 Å². The third kappa shape index (κ3) is 2.22. The normalized spacial score (nSPS) is 15.7. The Balaban J connectivity index is 2.14. The first-order chi connectivity index (χ1) is 7.58. The zero-order valence-corrected chi connectivity index (χ0v) is 9.77. The molecule has 3 nitrogen and oxygen atoms in total. The molecule has 1 saturated heterocycles. The molecule has 0 saturated carbocycles. The van der Waals surface area contributed by atoms with E-state index in [2.05, 4.69) is 26.6 Å². The van der Waals surface area contributed by atoms with Gasteiger partial charge in [-0.15, -0.1) is 0 Å². The first-order valence-electron chi connectivity index (χ1n) is 4.74. The third-order valence-corrected chi connectivity index (χ3v) is 3.03. The first kappa shape index (κ1) is 11.5. The van der Waals surface area contributed by atoms with E-state index in [1.807, 2.05) is 0 Å². The Kier molecular flexibility index (Phi) is 3.20. The number of rotatable bonds is 2. The van der Waals surface area contributed by atoms with E-state index in [1.165, 1.54) is 6.07 Å². The Bertz CT molecular complexity index is 435. The van der Waals surface area contributed by atoms with Crippen LogP contribution in [-0.4, -0.2) is 19.0 Å². The van der Waals surface area contributed by atoms with Gasteiger partial charge in [0.2, 0.25) is 5.91 Å². The van der Waals surface area contributed by atoms with Crippen LogP contribution in [0.15, 0.2) is 16.6 Å². The van der Waals surface area contributed by atoms with Crippen LogP contribution in [0.1, 0.15) is 0 Å². The summed E-state index contributed by atoms with van der Waals surface area (Å²) in [5.41, 5.74) is -0.00910. The molecule has 16 heavy (non-hydrogen) atoms. The standard InChI is InChI=1S/C10H9BrF2N2O/c11-6-1-9(8(13)2-7(6)12)15-10(16)5-3-14-4-5/h1-2,5,14H,3-4H2,(H,15,16). The van der Waals surface area contributed by atoms with Gasteiger partial charge in [-0.1, -0.05) is 0 Å². The van der Waals surface area contributed by atoms with Crippen molar-refractivity contribution in [3.63, 3.8) is 0 Å². The van der Waals surface area contributed by atoms with Crippen molar-refractivity contribution in [1.29, 1.82) is 0 Å². The van der Waals surface area contributed by atoms with Gasteiger partial charge >= 0.3 is 0 Å². The van der Waals surface area contributed by atoms with Gasteiger partial charge in [-0.05, 0) is 22.0 Å². The molecule has 0 unspecified atom stereocenters. The molecule has 0 radical (unpaired) electrons. The highest BCUT2D eigenvalue weighted by Gasteiger charge is 2.25. The largest absolute Gasteiger partial charge is 0.323 e. The van der Waals surface area contributed by atoms with E-state index in [4.69, 9.17) is 0 Å². The Morgan fingerprint density at radius 1 is 1.38 bits per heavy atom. The average Bonchev–Trinajstić information content (AvgIpc) is 2.11. The van der Waals surface area contributed by atoms with Crippen molar-refractivity contribution in [3.8, 4) is 0 Å². The second kappa shape index (κ2) is 4.47. The topological polar surface area (TPSA) is 41.1 Å². The maximum atomic E-state index is 13.3. The number of halogens is 3. The van der Waals surface area contributed by atoms with Crippen LogP contribution in [0.5, 0.6) is 0 Å². The fourth-order valence-corrected chi connectivity index (χ4v) is 1.67. The maximum Gasteiger partial charge on any atom is 0.230 e. The number of anilines is 1. The lowest BCUT2D eigenvalue weighted by Crippen LogP contribution is -2.48. The molecule has 1 aliphatic heterocycles. The van der Waals surface area contributed by atoms with Gasteiger partial charge in [-0.25, -0.2) is 8.78 Å². The average molecular weight is 291 g/mol. The molecular weight excluding hydrogens is 282 g/mol. The smallest absolute Gasteiger partial charge is 0.230 e. The maximum absolute atomic E-state index is 13.3. The minimum atomic E-state index is -0.777. The van der Waals surface area contributed by atoms with Crippen LogP contribution in [0.25, 0.3) is 0 Å². The SMILES string of the molecule is O=C(Nc1cc(Br)c(F)cc1F)C1CNC1. The van der Waals surface area contributed by atoms with Crippen LogP contribution in [-0.2, 0) is 4.79 Å². The predicted octanol–water partition coefficient (Wildman–Crippen LogP) is 1.89. The summed E-state index contributed by atoms with van der Waals surface area (Å²) in [6, 6.07) is 1.95. The summed E-state index contributed by atoms with van der Waals surface area (Å²) in [6.45, 7) is 1.19. The monoisotopic (exact) mass is 290 g/mol. The summed E-state index contributed by atoms with van der Waals surface area (Å²) in [6.07, 6.45) is 0. The number of hydrogen-bond donors (Lipinski definition) is 2. The van der Waals surface area contributed by atoms with Crippen molar-refractivity contribution in [3.05, 3.63) is 28.2 Å². The second-order valence-electron chi connectivity index (χ2n) is 3.59. The molecule has 0 aromatic heterocycles. The Labute approximate surface area is 99.3 Å². The first-order valence-corrected chi connectivity index (χ1v) is 5.53. The van der Waals surface area contributed by atoms with Crippen LogP contribution >= 0.6 is 15.9 Å². The molecule has 2 N–H and O–H groups in total. The molecule has 2 rings (SSSR count). The highest BCUT2D eigenvalue weighted by atomic mass is 79.9. The van der Waals surface area contributed by atoms with Gasteiger partial charge in [0.25, 0.3) is 0 Å². The summed E-state index contributed by atoms with van der Waals surface area (Å²) in [5, 5.41) is 5.37. The molecule has 1 fully saturated rings. The van der Waals surface area contributed by atoms with Gasteiger partial charge in [-0.2, -0.15) is 0 Å². The summed E-state index contributed by atoms with van der Waals surface area (Å²) in [7, 11) is 0. The minimum Gasteiger partial charge on any atom is -0.323 e. The van der Waals surface area contributed by atoms with Gasteiger partial charge < -0.3 is 10.6 Å². The van der Waals surface area contributed by atoms with E-state index in [0.29, 0.717) is 13.1 Å². The Morgan fingerprint density at radius 3 is 2.62 bits per heavy atom. The van der Waals surface area contributed by atoms with E-state index in [0.717, 1.165) is 6.07 Å². The number of carbonyl (C=O) groups is 1. The molecule has 86 valence electrons. The lowest BCUT2D eigenvalue weighted by Gasteiger charge is -2.25. The summed E-state index contributed by atoms with van der Waals surface area (Å²) >= 11 is 2.93. The predicted molar refractivity (Wildman–Crippen MR) is 59.0 cm³/mol. The van der Waals surface area contributed by atoms with Crippen molar-refractivity contribution < 1.29 is 13.6 Å². The fourth-order valence-electron chi connectivity index (χ4n) is 1.33. The zero-order chi connectivity index (χ0) is 11.7. The van der Waals surface area contributed by atoms with E-state index < -0.39 is 11.6 Å². The van der Waals surface area contributed by atoms with Gasteiger partial charge in [0.1, 0.15) is 11.6 Å². The lowest BCUT2D eigenvalue weighted by atomic mass is 10.0. The number of hydrogen-bond acceptors (Lipinski definition) is 2. The summed E-state index contributed by atoms with van der Waals surface area (Å²) in [4.78, 5) is 11.5. The molecule has 1 heterocycles. The van der Waals surface area contributed by atoms with Crippen LogP contribution in [0.2, 0.25) is 0 Å². The van der Waals surface area contributed by atoms with Gasteiger partial charge in [0, 0.05) is 19.2 Å². The zero-order valence-electron chi connectivity index (χ0n) is 8.19. The second-order valence-corrected chi connectivity index (χ2v) is 4.44. The lowest BCUT2D eigenvalue weighted by molar-refractivity contribution is -0.121. The van der Waals surface area contributed by atoms with Crippen LogP contribution in [0, 0.1) is 17.6 Å². The molecular formula is C10H9BrF2N2O. The van der Waals surface area contributed by atoms with Crippen molar-refractivity contribution in [2.75, 3.05) is 18.4 Å². The Morgan fingerprint density at radius 2 is 2.06 bits per heavy atom. The van der Waals surface area contributed by atoms with Crippen LogP contribution in [0.3, 0.4) is 0 Å². The molecule has 1 amide bonds. The molecule has 0 aliphatic carbocycles. The van der Waals surface area contributed by atoms with Gasteiger partial charge in [0.15, 0.2) is 0 Å². The third-order valence-electron chi connectivity index (χ3n) is 2.42. The van der Waals surface area contributed by atoms with Crippen molar-refractivity contribution in [2.45, 2.75) is 0 Å². The van der Waals surface area contributed by atoms with Gasteiger partial charge in [0.05, 0.1) is 16.1 Å². The number of carbonyl (C=O) groups excluding carboxylic acids is 1. The van der Waals surface area contributed by atoms with E-state index in [1.54, 1.807) is 0 Å². The van der Waals surface area contributed by atoms with Crippen molar-refractivity contribution in [1.82, 2.24) is 5.32 Å². The summed E-state index contributed by atoms with van der Waals surface area (Å²) < 4.78 is 26.3. The molecule has 0 atom stereocenters. The van der Waals surface area contributed by atoms with Crippen molar-refractivity contribution >= 4 is 27.5 Å². The fraction of sp³-hybridized carbons (Fsp3) is 0.300. The molecule has 1 aliphatic rings. The molecule has 0 spiro atoms. The number of benzene rings is 1. The minimum absolute atomic E-state index is 0.00910. The Hall–Kier alpha value is -1.01. The number of nitrogens with one attached hydrogen (secondary N) is 2. The molecule has 0 bridgehead atoms. The van der Waals surface area contributed by atoms with E-state index in [9.17, 15) is 13.6 Å². The quantitative estimate of drug-likeness (QED) is 0.817. The molecule has 1 aromatic rings. The van der Waals surface area contributed by atoms with E-state index in [-0.39, 0.29) is 22.0 Å². The summed E-state index contributed by atoms with van der Waals surface area (Å²) in [5.74, 6) is -1.86. The molecule has 1 aromatic carbocycles. The van der Waals surface area contributed by atoms with Gasteiger partial charge in [-0.3, -0.25) is 4.79 Å². The highest BCUT2D eigenvalue weighted by molar-refractivity contribution is 9.10. The molecule has 6 heteroatoms. The van der Waals surface area contributed by atoms with E-state index >= 15 is 0 Å².